The molecule has 6 atom stereocenters. The highest BCUT2D eigenvalue weighted by atomic mass is 79.9. The zero-order chi connectivity index (χ0) is 28.2. The number of halogens is 2. The highest BCUT2D eigenvalue weighted by Crippen LogP contribution is 2.58. The minimum atomic E-state index is -4.07. The van der Waals surface area contributed by atoms with Crippen LogP contribution in [0.25, 0.3) is 11.2 Å². The van der Waals surface area contributed by atoms with Gasteiger partial charge in [0.25, 0.3) is 0 Å². The molecular formula is C23H24BrFN5O9P. The Morgan fingerprint density at radius 2 is 2.17 bits per heavy atom. The standard InChI is InChI=1S/C23H24BrFN5O9P/c1-3-33-19-16-18(28-21(26)29-19)27-10-30(16)20-23(2)17(37-22(31)38-23)15(36-20)9-35-40(32)34-7-6-14(39-40)11-4-5-13(25)12(24)8-11/h4-5,8,10,14-15,17,20H,3,6-7,9H2,1-2H3,(H2,26,28,29)/t14-,15+,17+,20+,23+,40+/m0/s1. The first-order chi connectivity index (χ1) is 19.1. The molecule has 14 nitrogen and oxygen atoms in total. The molecule has 40 heavy (non-hydrogen) atoms. The van der Waals surface area contributed by atoms with E-state index in [9.17, 15) is 13.8 Å². The van der Waals surface area contributed by atoms with Gasteiger partial charge in [-0.05, 0) is 47.5 Å². The molecule has 0 saturated carbocycles. The number of nitrogens with zero attached hydrogens (tertiary/aromatic N) is 4. The maximum absolute atomic E-state index is 13.7. The first-order valence-electron chi connectivity index (χ1n) is 12.3. The fraction of sp³-hybridized carbons (Fsp3) is 0.478. The lowest BCUT2D eigenvalue weighted by molar-refractivity contribution is -0.0924. The Morgan fingerprint density at radius 1 is 1.35 bits per heavy atom. The summed E-state index contributed by atoms with van der Waals surface area (Å²) in [7, 11) is -4.07. The number of nitrogen functional groups attached to an aromatic ring is 1. The van der Waals surface area contributed by atoms with Crippen molar-refractivity contribution in [3.63, 3.8) is 0 Å². The minimum absolute atomic E-state index is 0.0250. The SMILES string of the molecule is CCOc1nc(N)nc2ncn([C@@H]3O[C@H](CO[P@@]4(=O)OCC[C@@H](c5ccc(F)c(Br)c5)O4)[C@H]4OC(=O)O[C@]43C)c12. The first kappa shape index (κ1) is 27.3. The van der Waals surface area contributed by atoms with Gasteiger partial charge in [0.15, 0.2) is 29.1 Å². The predicted molar refractivity (Wildman–Crippen MR) is 137 cm³/mol. The number of phosphoric acid groups is 1. The molecule has 3 saturated heterocycles. The Hall–Kier alpha value is -2.88. The third-order valence-electron chi connectivity index (χ3n) is 6.77. The Kier molecular flexibility index (Phi) is 6.95. The van der Waals surface area contributed by atoms with Crippen LogP contribution in [0.5, 0.6) is 5.88 Å². The molecule has 2 N–H and O–H groups in total. The van der Waals surface area contributed by atoms with Crippen molar-refractivity contribution in [2.45, 2.75) is 50.4 Å². The van der Waals surface area contributed by atoms with Crippen molar-refractivity contribution in [3.8, 4) is 5.88 Å². The van der Waals surface area contributed by atoms with E-state index in [2.05, 4.69) is 30.9 Å². The molecule has 1 aromatic carbocycles. The summed E-state index contributed by atoms with van der Waals surface area (Å²) < 4.78 is 68.5. The summed E-state index contributed by atoms with van der Waals surface area (Å²) in [5.74, 6) is -0.292. The van der Waals surface area contributed by atoms with E-state index in [0.29, 0.717) is 24.1 Å². The fourth-order valence-corrected chi connectivity index (χ4v) is 6.78. The second kappa shape index (κ2) is 10.2. The van der Waals surface area contributed by atoms with E-state index >= 15 is 0 Å². The summed E-state index contributed by atoms with van der Waals surface area (Å²) in [5, 5.41) is 0. The average Bonchev–Trinajstić information content (AvgIpc) is 3.53. The topological polar surface area (TPSA) is 168 Å². The molecule has 3 fully saturated rings. The molecule has 3 aromatic rings. The van der Waals surface area contributed by atoms with E-state index < -0.39 is 49.9 Å². The largest absolute Gasteiger partial charge is 0.509 e. The molecule has 3 aliphatic heterocycles. The number of nitrogens with two attached hydrogens (primary N) is 1. The van der Waals surface area contributed by atoms with Gasteiger partial charge in [0.2, 0.25) is 11.8 Å². The lowest BCUT2D eigenvalue weighted by Gasteiger charge is -2.30. The van der Waals surface area contributed by atoms with E-state index in [4.69, 9.17) is 38.3 Å². The molecule has 3 aliphatic rings. The number of rotatable bonds is 7. The van der Waals surface area contributed by atoms with Gasteiger partial charge < -0.3 is 24.7 Å². The van der Waals surface area contributed by atoms with Crippen LogP contribution in [0.15, 0.2) is 29.0 Å². The van der Waals surface area contributed by atoms with Gasteiger partial charge >= 0.3 is 14.0 Å². The molecule has 0 amide bonds. The number of hydrogen-bond acceptors (Lipinski definition) is 13. The number of anilines is 1. The summed E-state index contributed by atoms with van der Waals surface area (Å²) in [6.07, 6.45) is -2.62. The van der Waals surface area contributed by atoms with E-state index in [-0.39, 0.29) is 35.2 Å². The van der Waals surface area contributed by atoms with Crippen molar-refractivity contribution < 1.29 is 46.3 Å². The van der Waals surface area contributed by atoms with Crippen molar-refractivity contribution in [2.75, 3.05) is 25.6 Å². The van der Waals surface area contributed by atoms with Crippen molar-refractivity contribution in [1.82, 2.24) is 19.5 Å². The quantitative estimate of drug-likeness (QED) is 0.287. The predicted octanol–water partition coefficient (Wildman–Crippen LogP) is 4.20. The molecule has 0 spiro atoms. The maximum atomic E-state index is 13.7. The number of carbonyl (C=O) groups excluding carboxylic acids is 1. The number of aromatic nitrogens is 4. The number of imidazole rings is 1. The van der Waals surface area contributed by atoms with Gasteiger partial charge in [-0.2, -0.15) is 9.97 Å². The Bertz CT molecular complexity index is 1530. The van der Waals surface area contributed by atoms with Gasteiger partial charge in [-0.3, -0.25) is 18.1 Å². The fourth-order valence-electron chi connectivity index (χ4n) is 4.99. The Balaban J connectivity index is 1.24. The molecule has 5 heterocycles. The Morgan fingerprint density at radius 3 is 2.95 bits per heavy atom. The molecule has 0 aliphatic carbocycles. The van der Waals surface area contributed by atoms with Crippen LogP contribution in [0.4, 0.5) is 15.1 Å². The number of benzene rings is 1. The second-order valence-corrected chi connectivity index (χ2v) is 11.9. The normalized spacial score (nSPS) is 31.6. The van der Waals surface area contributed by atoms with Gasteiger partial charge in [-0.15, -0.1) is 0 Å². The lowest BCUT2D eigenvalue weighted by atomic mass is 9.96. The monoisotopic (exact) mass is 643 g/mol. The maximum Gasteiger partial charge on any atom is 0.509 e. The van der Waals surface area contributed by atoms with Crippen molar-refractivity contribution in [3.05, 3.63) is 40.4 Å². The Labute approximate surface area is 234 Å². The molecule has 0 bridgehead atoms. The van der Waals surface area contributed by atoms with Gasteiger partial charge in [0.1, 0.15) is 18.2 Å². The lowest BCUT2D eigenvalue weighted by Crippen LogP contribution is -2.42. The smallest absolute Gasteiger partial charge is 0.476 e. The van der Waals surface area contributed by atoms with Crippen molar-refractivity contribution in [2.24, 2.45) is 0 Å². The third-order valence-corrected chi connectivity index (χ3v) is 8.85. The molecular weight excluding hydrogens is 620 g/mol. The molecule has 6 rings (SSSR count). The van der Waals surface area contributed by atoms with E-state index in [1.807, 2.05) is 0 Å². The van der Waals surface area contributed by atoms with Crippen LogP contribution >= 0.6 is 23.8 Å². The zero-order valence-electron chi connectivity index (χ0n) is 21.2. The van der Waals surface area contributed by atoms with Gasteiger partial charge in [-0.25, -0.2) is 18.7 Å². The average molecular weight is 644 g/mol. The third kappa shape index (κ3) is 4.72. The van der Waals surface area contributed by atoms with Crippen molar-refractivity contribution >= 4 is 47.0 Å². The summed E-state index contributed by atoms with van der Waals surface area (Å²) in [6, 6.07) is 4.36. The highest BCUT2D eigenvalue weighted by molar-refractivity contribution is 9.10. The van der Waals surface area contributed by atoms with Crippen LogP contribution in [0.1, 0.15) is 38.2 Å². The number of ether oxygens (including phenoxy) is 4. The molecule has 0 radical (unpaired) electrons. The van der Waals surface area contributed by atoms with E-state index in [0.717, 1.165) is 0 Å². The minimum Gasteiger partial charge on any atom is -0.476 e. The number of fused-ring (bicyclic) bond motifs is 2. The van der Waals surface area contributed by atoms with Crippen LogP contribution in [-0.2, 0) is 32.3 Å². The molecule has 2 aromatic heterocycles. The van der Waals surface area contributed by atoms with Gasteiger partial charge in [0, 0.05) is 6.42 Å². The summed E-state index contributed by atoms with van der Waals surface area (Å²) in [5.41, 5.74) is 5.67. The van der Waals surface area contributed by atoms with Crippen LogP contribution in [0.2, 0.25) is 0 Å². The summed E-state index contributed by atoms with van der Waals surface area (Å²) in [4.78, 5) is 24.8. The van der Waals surface area contributed by atoms with Crippen LogP contribution in [0, 0.1) is 5.82 Å². The molecule has 17 heteroatoms. The number of phosphoric ester groups is 1. The molecule has 214 valence electrons. The first-order valence-corrected chi connectivity index (χ1v) is 14.6. The summed E-state index contributed by atoms with van der Waals surface area (Å²) >= 11 is 3.15. The zero-order valence-corrected chi connectivity index (χ0v) is 23.7. The van der Waals surface area contributed by atoms with Crippen LogP contribution < -0.4 is 10.5 Å². The van der Waals surface area contributed by atoms with E-state index in [1.54, 1.807) is 24.5 Å². The molecule has 0 unspecified atom stereocenters. The van der Waals surface area contributed by atoms with Gasteiger partial charge in [0.05, 0.1) is 30.4 Å². The van der Waals surface area contributed by atoms with Crippen LogP contribution in [0.3, 0.4) is 0 Å². The second-order valence-electron chi connectivity index (χ2n) is 9.38. The number of carbonyl (C=O) groups is 1. The van der Waals surface area contributed by atoms with Crippen LogP contribution in [-0.4, -0.2) is 63.3 Å². The van der Waals surface area contributed by atoms with Crippen molar-refractivity contribution in [1.29, 1.82) is 0 Å². The number of hydrogen-bond donors (Lipinski definition) is 1. The van der Waals surface area contributed by atoms with Gasteiger partial charge in [-0.1, -0.05) is 6.07 Å². The van der Waals surface area contributed by atoms with E-state index in [1.165, 1.54) is 18.5 Å². The highest BCUT2D eigenvalue weighted by Gasteiger charge is 2.64. The summed E-state index contributed by atoms with van der Waals surface area (Å²) in [6.45, 7) is 3.45.